The molecular formula is C16H19BrN2O2. The van der Waals surface area contributed by atoms with Crippen molar-refractivity contribution in [1.82, 2.24) is 9.78 Å². The molecule has 0 saturated carbocycles. The van der Waals surface area contributed by atoms with Crippen LogP contribution in [0.25, 0.3) is 11.3 Å². The van der Waals surface area contributed by atoms with E-state index in [1.807, 2.05) is 29.1 Å². The van der Waals surface area contributed by atoms with Gasteiger partial charge in [0.25, 0.3) is 0 Å². The molecule has 0 spiro atoms. The molecule has 1 aromatic carbocycles. The van der Waals surface area contributed by atoms with Crippen molar-refractivity contribution in [2.45, 2.75) is 32.7 Å². The van der Waals surface area contributed by atoms with Crippen LogP contribution in [0.15, 0.2) is 28.9 Å². The summed E-state index contributed by atoms with van der Waals surface area (Å²) in [6, 6.07) is 5.97. The van der Waals surface area contributed by atoms with Gasteiger partial charge in [0.05, 0.1) is 18.7 Å². The van der Waals surface area contributed by atoms with Crippen LogP contribution in [0.5, 0.6) is 5.75 Å². The van der Waals surface area contributed by atoms with Crippen LogP contribution < -0.4 is 4.74 Å². The van der Waals surface area contributed by atoms with Crippen LogP contribution in [-0.2, 0) is 0 Å². The Kier molecular flexibility index (Phi) is 5.17. The van der Waals surface area contributed by atoms with Crippen molar-refractivity contribution < 1.29 is 9.53 Å². The Labute approximate surface area is 133 Å². The molecule has 0 radical (unpaired) electrons. The molecule has 2 rings (SSSR count). The van der Waals surface area contributed by atoms with E-state index in [1.165, 1.54) is 0 Å². The molecule has 0 atom stereocenters. The summed E-state index contributed by atoms with van der Waals surface area (Å²) in [4.78, 5) is 11.4. The highest BCUT2D eigenvalue weighted by Crippen LogP contribution is 2.33. The lowest BCUT2D eigenvalue weighted by atomic mass is 10.1. The fourth-order valence-electron chi connectivity index (χ4n) is 2.37. The van der Waals surface area contributed by atoms with E-state index in [0.29, 0.717) is 17.3 Å². The quantitative estimate of drug-likeness (QED) is 0.720. The normalized spacial score (nSPS) is 10.9. The van der Waals surface area contributed by atoms with E-state index in [-0.39, 0.29) is 0 Å². The van der Waals surface area contributed by atoms with Crippen molar-refractivity contribution in [2.24, 2.45) is 0 Å². The van der Waals surface area contributed by atoms with Crippen LogP contribution >= 0.6 is 15.9 Å². The number of hydrogen-bond acceptors (Lipinski definition) is 3. The van der Waals surface area contributed by atoms with Gasteiger partial charge in [0.1, 0.15) is 11.4 Å². The summed E-state index contributed by atoms with van der Waals surface area (Å²) >= 11 is 3.52. The van der Waals surface area contributed by atoms with Gasteiger partial charge in [0.15, 0.2) is 6.29 Å². The van der Waals surface area contributed by atoms with Crippen molar-refractivity contribution >= 4 is 22.2 Å². The largest absolute Gasteiger partial charge is 0.497 e. The number of ether oxygens (including phenoxy) is 1. The molecule has 112 valence electrons. The lowest BCUT2D eigenvalue weighted by Gasteiger charge is -2.12. The third-order valence-corrected chi connectivity index (χ3v) is 4.29. The molecule has 0 bridgehead atoms. The van der Waals surface area contributed by atoms with Gasteiger partial charge in [0.2, 0.25) is 0 Å². The topological polar surface area (TPSA) is 44.1 Å². The number of rotatable bonds is 6. The summed E-state index contributed by atoms with van der Waals surface area (Å²) in [7, 11) is 1.63. The van der Waals surface area contributed by atoms with Crippen molar-refractivity contribution in [3.05, 3.63) is 34.4 Å². The van der Waals surface area contributed by atoms with Crippen molar-refractivity contribution in [1.29, 1.82) is 0 Å². The Morgan fingerprint density at radius 1 is 1.38 bits per heavy atom. The minimum Gasteiger partial charge on any atom is -0.497 e. The summed E-state index contributed by atoms with van der Waals surface area (Å²) in [6.07, 6.45) is 4.66. The molecule has 4 nitrogen and oxygen atoms in total. The number of carbonyl (C=O) groups is 1. The summed E-state index contributed by atoms with van der Waals surface area (Å²) in [5, 5.41) is 4.62. The maximum absolute atomic E-state index is 11.4. The number of hydrogen-bond donors (Lipinski definition) is 0. The smallest absolute Gasteiger partial charge is 0.153 e. The standard InChI is InChI=1S/C16H19BrN2O2/c1-4-12(5-2)19-9-11(10-20)16(18-19)14-7-6-13(21-3)8-15(14)17/h6-10,12H,4-5H2,1-3H3. The second-order valence-electron chi connectivity index (χ2n) is 4.85. The Hall–Kier alpha value is -1.62. The predicted molar refractivity (Wildman–Crippen MR) is 86.9 cm³/mol. The molecular weight excluding hydrogens is 332 g/mol. The van der Waals surface area contributed by atoms with Gasteiger partial charge in [-0.05, 0) is 47.0 Å². The predicted octanol–water partition coefficient (Wildman–Crippen LogP) is 4.49. The highest BCUT2D eigenvalue weighted by molar-refractivity contribution is 9.10. The van der Waals surface area contributed by atoms with Crippen molar-refractivity contribution in [3.8, 4) is 17.0 Å². The zero-order valence-electron chi connectivity index (χ0n) is 12.5. The van der Waals surface area contributed by atoms with Gasteiger partial charge < -0.3 is 4.74 Å². The third-order valence-electron chi connectivity index (χ3n) is 3.64. The molecule has 0 aliphatic heterocycles. The molecule has 5 heteroatoms. The highest BCUT2D eigenvalue weighted by Gasteiger charge is 2.17. The SMILES string of the molecule is CCC(CC)n1cc(C=O)c(-c2ccc(OC)cc2Br)n1. The van der Waals surface area contributed by atoms with Crippen LogP contribution in [0.3, 0.4) is 0 Å². The second kappa shape index (κ2) is 6.89. The van der Waals surface area contributed by atoms with Crippen molar-refractivity contribution in [3.63, 3.8) is 0 Å². The molecule has 0 aliphatic carbocycles. The first-order valence-corrected chi connectivity index (χ1v) is 7.82. The molecule has 1 heterocycles. The molecule has 0 saturated heterocycles. The summed E-state index contributed by atoms with van der Waals surface area (Å²) in [6.45, 7) is 4.25. The number of aldehydes is 1. The summed E-state index contributed by atoms with van der Waals surface area (Å²) in [5.74, 6) is 0.762. The summed E-state index contributed by atoms with van der Waals surface area (Å²) in [5.41, 5.74) is 2.20. The zero-order valence-corrected chi connectivity index (χ0v) is 14.1. The third kappa shape index (κ3) is 3.18. The van der Waals surface area contributed by atoms with E-state index in [0.717, 1.165) is 34.9 Å². The first kappa shape index (κ1) is 15.8. The molecule has 0 amide bonds. The van der Waals surface area contributed by atoms with E-state index >= 15 is 0 Å². The van der Waals surface area contributed by atoms with E-state index in [9.17, 15) is 4.79 Å². The Morgan fingerprint density at radius 2 is 2.10 bits per heavy atom. The Bertz CT molecular complexity index is 633. The summed E-state index contributed by atoms with van der Waals surface area (Å²) < 4.78 is 7.95. The Morgan fingerprint density at radius 3 is 2.62 bits per heavy atom. The number of nitrogens with zero attached hydrogens (tertiary/aromatic N) is 2. The Balaban J connectivity index is 2.50. The zero-order chi connectivity index (χ0) is 15.4. The maximum Gasteiger partial charge on any atom is 0.153 e. The fraction of sp³-hybridized carbons (Fsp3) is 0.375. The van der Waals surface area contributed by atoms with Gasteiger partial charge in [-0.3, -0.25) is 9.48 Å². The highest BCUT2D eigenvalue weighted by atomic mass is 79.9. The van der Waals surface area contributed by atoms with Gasteiger partial charge in [-0.2, -0.15) is 5.10 Å². The van der Waals surface area contributed by atoms with Gasteiger partial charge in [0, 0.05) is 16.2 Å². The van der Waals surface area contributed by atoms with Crippen molar-refractivity contribution in [2.75, 3.05) is 7.11 Å². The molecule has 1 aromatic heterocycles. The van der Waals surface area contributed by atoms with E-state index in [1.54, 1.807) is 7.11 Å². The average molecular weight is 351 g/mol. The lowest BCUT2D eigenvalue weighted by Crippen LogP contribution is -2.07. The van der Waals surface area contributed by atoms with E-state index in [4.69, 9.17) is 4.74 Å². The first-order chi connectivity index (χ1) is 10.1. The molecule has 0 N–H and O–H groups in total. The van der Waals surface area contributed by atoms with E-state index in [2.05, 4.69) is 34.9 Å². The lowest BCUT2D eigenvalue weighted by molar-refractivity contribution is 0.112. The second-order valence-corrected chi connectivity index (χ2v) is 5.70. The fourth-order valence-corrected chi connectivity index (χ4v) is 2.91. The van der Waals surface area contributed by atoms with Gasteiger partial charge >= 0.3 is 0 Å². The average Bonchev–Trinajstić information content (AvgIpc) is 2.92. The van der Waals surface area contributed by atoms with Gasteiger partial charge in [-0.1, -0.05) is 13.8 Å². The minimum atomic E-state index is 0.314. The molecule has 2 aromatic rings. The molecule has 0 unspecified atom stereocenters. The monoisotopic (exact) mass is 350 g/mol. The number of methoxy groups -OCH3 is 1. The van der Waals surface area contributed by atoms with Crippen LogP contribution in [0.4, 0.5) is 0 Å². The minimum absolute atomic E-state index is 0.314. The van der Waals surface area contributed by atoms with Gasteiger partial charge in [-0.15, -0.1) is 0 Å². The number of halogens is 1. The number of aromatic nitrogens is 2. The van der Waals surface area contributed by atoms with Gasteiger partial charge in [-0.25, -0.2) is 0 Å². The molecule has 21 heavy (non-hydrogen) atoms. The molecule has 0 aliphatic rings. The maximum atomic E-state index is 11.4. The number of carbonyl (C=O) groups excluding carboxylic acids is 1. The van der Waals surface area contributed by atoms with E-state index < -0.39 is 0 Å². The van der Waals surface area contributed by atoms with Crippen LogP contribution in [0.2, 0.25) is 0 Å². The van der Waals surface area contributed by atoms with Crippen LogP contribution in [-0.4, -0.2) is 23.2 Å². The first-order valence-electron chi connectivity index (χ1n) is 7.02. The molecule has 0 fully saturated rings. The van der Waals surface area contributed by atoms with Crippen LogP contribution in [0.1, 0.15) is 43.1 Å². The number of benzene rings is 1. The van der Waals surface area contributed by atoms with Crippen LogP contribution in [0, 0.1) is 0 Å².